The van der Waals surface area contributed by atoms with Gasteiger partial charge in [-0.05, 0) is 36.5 Å². The Morgan fingerprint density at radius 3 is 2.52 bits per heavy atom. The molecule has 0 radical (unpaired) electrons. The molecule has 3 aromatic rings. The second-order valence-electron chi connectivity index (χ2n) is 4.26. The van der Waals surface area contributed by atoms with Crippen LogP contribution in [-0.2, 0) is 0 Å². The Balaban J connectivity index is 1.67. The van der Waals surface area contributed by atoms with Crippen molar-refractivity contribution in [2.45, 2.75) is 0 Å². The summed E-state index contributed by atoms with van der Waals surface area (Å²) in [6.45, 7) is 0. The third kappa shape index (κ3) is 3.24. The van der Waals surface area contributed by atoms with E-state index in [4.69, 9.17) is 12.2 Å². The quantitative estimate of drug-likeness (QED) is 0.712. The Morgan fingerprint density at radius 2 is 1.76 bits per heavy atom. The lowest BCUT2D eigenvalue weighted by molar-refractivity contribution is 0.0978. The molecule has 21 heavy (non-hydrogen) atoms. The van der Waals surface area contributed by atoms with Crippen LogP contribution >= 0.6 is 23.6 Å². The summed E-state index contributed by atoms with van der Waals surface area (Å²) in [4.78, 5) is 16.4. The molecule has 0 saturated heterocycles. The summed E-state index contributed by atoms with van der Waals surface area (Å²) in [5.41, 5.74) is 1.47. The number of carbonyl (C=O) groups excluding carboxylic acids is 1. The SMILES string of the molecule is O=C(NC(=S)Nc1nc2ccccc2s1)c1ccccc1. The number of hydrogen-bond acceptors (Lipinski definition) is 4. The van der Waals surface area contributed by atoms with Crippen LogP contribution in [0.5, 0.6) is 0 Å². The van der Waals surface area contributed by atoms with Gasteiger partial charge in [0.2, 0.25) is 0 Å². The summed E-state index contributed by atoms with van der Waals surface area (Å²) >= 11 is 6.63. The van der Waals surface area contributed by atoms with Gasteiger partial charge in [-0.1, -0.05) is 41.7 Å². The third-order valence-corrected chi connectivity index (χ3v) is 3.93. The van der Waals surface area contributed by atoms with E-state index < -0.39 is 0 Å². The molecule has 3 rings (SSSR count). The zero-order valence-corrected chi connectivity index (χ0v) is 12.5. The first-order valence-electron chi connectivity index (χ1n) is 6.25. The highest BCUT2D eigenvalue weighted by Gasteiger charge is 2.09. The molecule has 0 fully saturated rings. The van der Waals surface area contributed by atoms with Crippen LogP contribution in [0.4, 0.5) is 5.13 Å². The molecule has 104 valence electrons. The summed E-state index contributed by atoms with van der Waals surface area (Å²) in [6, 6.07) is 16.7. The number of thiazole rings is 1. The van der Waals surface area contributed by atoms with Crippen LogP contribution in [0.15, 0.2) is 54.6 Å². The Morgan fingerprint density at radius 1 is 1.05 bits per heavy atom. The number of thiocarbonyl (C=S) groups is 1. The number of amides is 1. The van der Waals surface area contributed by atoms with E-state index in [1.807, 2.05) is 30.3 Å². The molecule has 4 nitrogen and oxygen atoms in total. The summed E-state index contributed by atoms with van der Waals surface area (Å²) in [7, 11) is 0. The number of benzene rings is 2. The first-order valence-corrected chi connectivity index (χ1v) is 7.48. The lowest BCUT2D eigenvalue weighted by atomic mass is 10.2. The van der Waals surface area contributed by atoms with Crippen LogP contribution in [0.1, 0.15) is 10.4 Å². The minimum absolute atomic E-state index is 0.239. The van der Waals surface area contributed by atoms with Gasteiger partial charge < -0.3 is 5.32 Å². The minimum Gasteiger partial charge on any atom is -0.308 e. The molecule has 6 heteroatoms. The summed E-state index contributed by atoms with van der Waals surface area (Å²) in [5.74, 6) is -0.241. The zero-order chi connectivity index (χ0) is 14.7. The van der Waals surface area contributed by atoms with Crippen molar-refractivity contribution in [3.05, 3.63) is 60.2 Å². The zero-order valence-electron chi connectivity index (χ0n) is 10.9. The topological polar surface area (TPSA) is 54.0 Å². The second-order valence-corrected chi connectivity index (χ2v) is 5.70. The van der Waals surface area contributed by atoms with Gasteiger partial charge in [0.1, 0.15) is 0 Å². The number of aromatic nitrogens is 1. The molecule has 2 N–H and O–H groups in total. The van der Waals surface area contributed by atoms with E-state index in [1.165, 1.54) is 11.3 Å². The van der Waals surface area contributed by atoms with E-state index in [9.17, 15) is 4.79 Å². The van der Waals surface area contributed by atoms with Crippen molar-refractivity contribution in [2.75, 3.05) is 5.32 Å². The second kappa shape index (κ2) is 5.99. The summed E-state index contributed by atoms with van der Waals surface area (Å²) < 4.78 is 1.07. The molecule has 0 aliphatic heterocycles. The van der Waals surface area contributed by atoms with Crippen molar-refractivity contribution in [3.8, 4) is 0 Å². The smallest absolute Gasteiger partial charge is 0.257 e. The minimum atomic E-state index is -0.241. The van der Waals surface area contributed by atoms with E-state index in [1.54, 1.807) is 24.3 Å². The Labute approximate surface area is 130 Å². The number of rotatable bonds is 2. The van der Waals surface area contributed by atoms with Crippen molar-refractivity contribution < 1.29 is 4.79 Å². The van der Waals surface area contributed by atoms with Gasteiger partial charge in [-0.15, -0.1) is 0 Å². The fraction of sp³-hybridized carbons (Fsp3) is 0. The Bertz CT molecular complexity index is 766. The average Bonchev–Trinajstić information content (AvgIpc) is 2.90. The van der Waals surface area contributed by atoms with Gasteiger partial charge in [0.25, 0.3) is 5.91 Å². The molecule has 0 unspecified atom stereocenters. The molecule has 0 aliphatic rings. The number of para-hydroxylation sites is 1. The number of carbonyl (C=O) groups is 1. The molecule has 1 heterocycles. The Hall–Kier alpha value is -2.31. The molecule has 0 bridgehead atoms. The maximum absolute atomic E-state index is 12.0. The van der Waals surface area contributed by atoms with Gasteiger partial charge in [-0.2, -0.15) is 0 Å². The molecule has 2 aromatic carbocycles. The van der Waals surface area contributed by atoms with Crippen molar-refractivity contribution in [1.82, 2.24) is 10.3 Å². The molecular weight excluding hydrogens is 302 g/mol. The van der Waals surface area contributed by atoms with Crippen molar-refractivity contribution in [3.63, 3.8) is 0 Å². The molecule has 1 aromatic heterocycles. The van der Waals surface area contributed by atoms with E-state index in [0.29, 0.717) is 10.7 Å². The molecule has 0 aliphatic carbocycles. The van der Waals surface area contributed by atoms with Gasteiger partial charge in [0, 0.05) is 5.56 Å². The maximum atomic E-state index is 12.0. The standard InChI is InChI=1S/C15H11N3OS2/c19-13(10-6-2-1-3-7-10)17-14(20)18-15-16-11-8-4-5-9-12(11)21-15/h1-9H,(H2,16,17,18,19,20). The van der Waals surface area contributed by atoms with Crippen LogP contribution in [0.2, 0.25) is 0 Å². The van der Waals surface area contributed by atoms with Crippen molar-refractivity contribution in [1.29, 1.82) is 0 Å². The predicted octanol–water partition coefficient (Wildman–Crippen LogP) is 3.42. The molecule has 0 saturated carbocycles. The fourth-order valence-corrected chi connectivity index (χ4v) is 2.94. The highest BCUT2D eigenvalue weighted by atomic mass is 32.1. The van der Waals surface area contributed by atoms with E-state index in [0.717, 1.165) is 10.2 Å². The predicted molar refractivity (Wildman–Crippen MR) is 89.7 cm³/mol. The van der Waals surface area contributed by atoms with Crippen LogP contribution in [0.3, 0.4) is 0 Å². The molecule has 0 atom stereocenters. The van der Waals surface area contributed by atoms with Gasteiger partial charge in [0.05, 0.1) is 10.2 Å². The molecule has 0 spiro atoms. The van der Waals surface area contributed by atoms with Crippen molar-refractivity contribution in [2.24, 2.45) is 0 Å². The van der Waals surface area contributed by atoms with E-state index in [-0.39, 0.29) is 11.0 Å². The first kappa shape index (κ1) is 13.7. The van der Waals surface area contributed by atoms with Gasteiger partial charge in [0.15, 0.2) is 10.2 Å². The van der Waals surface area contributed by atoms with E-state index in [2.05, 4.69) is 15.6 Å². The maximum Gasteiger partial charge on any atom is 0.257 e. The third-order valence-electron chi connectivity index (χ3n) is 2.78. The summed E-state index contributed by atoms with van der Waals surface area (Å²) in [5, 5.41) is 6.48. The monoisotopic (exact) mass is 313 g/mol. The van der Waals surface area contributed by atoms with Crippen molar-refractivity contribution >= 4 is 49.9 Å². The average molecular weight is 313 g/mol. The number of nitrogens with one attached hydrogen (secondary N) is 2. The highest BCUT2D eigenvalue weighted by molar-refractivity contribution is 7.80. The number of hydrogen-bond donors (Lipinski definition) is 2. The lowest BCUT2D eigenvalue weighted by Gasteiger charge is -2.06. The van der Waals surface area contributed by atoms with Crippen LogP contribution in [-0.4, -0.2) is 16.0 Å². The normalized spacial score (nSPS) is 10.3. The summed E-state index contributed by atoms with van der Waals surface area (Å²) in [6.07, 6.45) is 0. The van der Waals surface area contributed by atoms with Crippen LogP contribution < -0.4 is 10.6 Å². The van der Waals surface area contributed by atoms with Gasteiger partial charge >= 0.3 is 0 Å². The lowest BCUT2D eigenvalue weighted by Crippen LogP contribution is -2.34. The largest absolute Gasteiger partial charge is 0.308 e. The molecular formula is C15H11N3OS2. The van der Waals surface area contributed by atoms with Gasteiger partial charge in [-0.25, -0.2) is 4.98 Å². The number of fused-ring (bicyclic) bond motifs is 1. The molecule has 1 amide bonds. The highest BCUT2D eigenvalue weighted by Crippen LogP contribution is 2.25. The first-order chi connectivity index (χ1) is 10.2. The number of anilines is 1. The van der Waals surface area contributed by atoms with E-state index >= 15 is 0 Å². The fourth-order valence-electron chi connectivity index (χ4n) is 1.82. The van der Waals surface area contributed by atoms with Crippen LogP contribution in [0.25, 0.3) is 10.2 Å². The van der Waals surface area contributed by atoms with Crippen LogP contribution in [0, 0.1) is 0 Å². The van der Waals surface area contributed by atoms with Gasteiger partial charge in [-0.3, -0.25) is 10.1 Å². The number of nitrogens with zero attached hydrogens (tertiary/aromatic N) is 1. The Kier molecular flexibility index (Phi) is 3.89.